The molecule has 0 aliphatic carbocycles. The highest BCUT2D eigenvalue weighted by atomic mass is 16.5. The van der Waals surface area contributed by atoms with Gasteiger partial charge in [-0.05, 0) is 46.3 Å². The number of hydrogen-bond acceptors (Lipinski definition) is 5. The van der Waals surface area contributed by atoms with Crippen LogP contribution >= 0.6 is 0 Å². The monoisotopic (exact) mass is 381 g/mol. The van der Waals surface area contributed by atoms with Crippen LogP contribution in [0.15, 0.2) is 42.6 Å². The van der Waals surface area contributed by atoms with Gasteiger partial charge in [-0.25, -0.2) is 4.79 Å². The van der Waals surface area contributed by atoms with Crippen LogP contribution in [0.2, 0.25) is 0 Å². The number of esters is 1. The second kappa shape index (κ2) is 8.54. The summed E-state index contributed by atoms with van der Waals surface area (Å²) < 4.78 is 7.52. The van der Waals surface area contributed by atoms with Gasteiger partial charge in [-0.15, -0.1) is 0 Å². The van der Waals surface area contributed by atoms with Gasteiger partial charge in [0.15, 0.2) is 5.78 Å². The Morgan fingerprint density at radius 3 is 2.50 bits per heavy atom. The minimum Gasteiger partial charge on any atom is -0.461 e. The second-order valence-corrected chi connectivity index (χ2v) is 7.36. The Bertz CT molecular complexity index is 1010. The van der Waals surface area contributed by atoms with Crippen molar-refractivity contribution in [3.63, 3.8) is 0 Å². The number of benzene rings is 1. The van der Waals surface area contributed by atoms with Crippen molar-refractivity contribution >= 4 is 28.2 Å². The number of ether oxygens (including phenoxy) is 1. The molecule has 0 unspecified atom stereocenters. The van der Waals surface area contributed by atoms with Crippen molar-refractivity contribution in [2.24, 2.45) is 0 Å². The van der Waals surface area contributed by atoms with Crippen LogP contribution in [-0.4, -0.2) is 73.3 Å². The third-order valence-electron chi connectivity index (χ3n) is 4.89. The van der Waals surface area contributed by atoms with Gasteiger partial charge in [-0.1, -0.05) is 18.2 Å². The van der Waals surface area contributed by atoms with E-state index in [1.165, 1.54) is 0 Å². The van der Waals surface area contributed by atoms with Crippen molar-refractivity contribution in [1.29, 1.82) is 0 Å². The molecule has 2 heterocycles. The molecule has 0 spiro atoms. The molecule has 0 amide bonds. The van der Waals surface area contributed by atoms with Crippen LogP contribution in [0.25, 0.3) is 16.4 Å². The Kier molecular flexibility index (Phi) is 6.11. The number of nitrogens with zero attached hydrogens (tertiary/aromatic N) is 3. The fraction of sp³-hybridized carbons (Fsp3) is 0.364. The lowest BCUT2D eigenvalue weighted by atomic mass is 10.1. The van der Waals surface area contributed by atoms with Crippen molar-refractivity contribution in [2.75, 3.05) is 47.4 Å². The molecule has 2 aromatic heterocycles. The highest BCUT2D eigenvalue weighted by Crippen LogP contribution is 2.28. The Morgan fingerprint density at radius 1 is 1.00 bits per heavy atom. The Morgan fingerprint density at radius 2 is 1.79 bits per heavy atom. The SMILES string of the molecule is CC(=O)c1ccc2c(C(=O)OCCN(C)CCN(C)C)c3ccccn3c2c1. The van der Waals surface area contributed by atoms with E-state index in [0.717, 1.165) is 29.5 Å². The van der Waals surface area contributed by atoms with Crippen molar-refractivity contribution < 1.29 is 14.3 Å². The first-order chi connectivity index (χ1) is 13.4. The van der Waals surface area contributed by atoms with E-state index in [-0.39, 0.29) is 11.8 Å². The molecule has 3 rings (SSSR count). The minimum absolute atomic E-state index is 0.00216. The zero-order chi connectivity index (χ0) is 20.3. The largest absolute Gasteiger partial charge is 0.461 e. The van der Waals surface area contributed by atoms with Gasteiger partial charge in [-0.2, -0.15) is 0 Å². The third-order valence-corrected chi connectivity index (χ3v) is 4.89. The molecule has 0 atom stereocenters. The Balaban J connectivity index is 1.83. The number of aromatic nitrogens is 1. The van der Waals surface area contributed by atoms with Crippen LogP contribution in [0.1, 0.15) is 27.6 Å². The molecule has 28 heavy (non-hydrogen) atoms. The quantitative estimate of drug-likeness (QED) is 0.444. The standard InChI is InChI=1S/C22H27N3O3/c1-16(26)17-8-9-18-20(15-17)25-10-6-5-7-19(25)21(18)22(27)28-14-13-24(4)12-11-23(2)3/h5-10,15H,11-14H2,1-4H3. The molecule has 0 bridgehead atoms. The first-order valence-electron chi connectivity index (χ1n) is 9.42. The van der Waals surface area contributed by atoms with Crippen LogP contribution in [0.5, 0.6) is 0 Å². The lowest BCUT2D eigenvalue weighted by molar-refractivity contribution is 0.0475. The summed E-state index contributed by atoms with van der Waals surface area (Å²) in [6.07, 6.45) is 1.90. The zero-order valence-corrected chi connectivity index (χ0v) is 16.9. The third kappa shape index (κ3) is 4.24. The van der Waals surface area contributed by atoms with Crippen molar-refractivity contribution in [3.05, 3.63) is 53.7 Å². The summed E-state index contributed by atoms with van der Waals surface area (Å²) in [4.78, 5) is 28.9. The maximum absolute atomic E-state index is 12.9. The molecule has 0 fully saturated rings. The summed E-state index contributed by atoms with van der Waals surface area (Å²) in [5, 5.41) is 0.794. The van der Waals surface area contributed by atoms with Gasteiger partial charge in [0.05, 0.1) is 16.6 Å². The molecule has 0 aliphatic rings. The average Bonchev–Trinajstić information content (AvgIpc) is 3.00. The van der Waals surface area contributed by atoms with E-state index in [2.05, 4.69) is 9.80 Å². The van der Waals surface area contributed by atoms with Crippen molar-refractivity contribution in [3.8, 4) is 0 Å². The lowest BCUT2D eigenvalue weighted by Gasteiger charge is -2.19. The number of carbonyl (C=O) groups excluding carboxylic acids is 2. The van der Waals surface area contributed by atoms with E-state index in [9.17, 15) is 9.59 Å². The smallest absolute Gasteiger partial charge is 0.341 e. The van der Waals surface area contributed by atoms with Gasteiger partial charge in [0.2, 0.25) is 0 Å². The van der Waals surface area contributed by atoms with E-state index in [4.69, 9.17) is 4.74 Å². The van der Waals surface area contributed by atoms with Crippen molar-refractivity contribution in [2.45, 2.75) is 6.92 Å². The van der Waals surface area contributed by atoms with E-state index >= 15 is 0 Å². The molecule has 6 nitrogen and oxygen atoms in total. The fourth-order valence-electron chi connectivity index (χ4n) is 3.22. The number of fused-ring (bicyclic) bond motifs is 3. The predicted octanol–water partition coefficient (Wildman–Crippen LogP) is 2.95. The molecule has 1 aromatic carbocycles. The molecule has 0 saturated carbocycles. The topological polar surface area (TPSA) is 54.3 Å². The van der Waals surface area contributed by atoms with Crippen LogP contribution < -0.4 is 0 Å². The number of hydrogen-bond donors (Lipinski definition) is 0. The Labute approximate surface area is 165 Å². The van der Waals surface area contributed by atoms with Gasteiger partial charge in [-0.3, -0.25) is 4.79 Å². The number of carbonyl (C=O) groups is 2. The first kappa shape index (κ1) is 20.0. The molecule has 3 aromatic rings. The molecule has 6 heteroatoms. The van der Waals surface area contributed by atoms with Gasteiger partial charge in [0, 0.05) is 36.8 Å². The van der Waals surface area contributed by atoms with E-state index in [1.54, 1.807) is 13.0 Å². The van der Waals surface area contributed by atoms with E-state index in [1.807, 2.05) is 62.1 Å². The summed E-state index contributed by atoms with van der Waals surface area (Å²) in [5.74, 6) is -0.340. The van der Waals surface area contributed by atoms with Gasteiger partial charge < -0.3 is 18.9 Å². The number of ketones is 1. The fourth-order valence-corrected chi connectivity index (χ4v) is 3.22. The van der Waals surface area contributed by atoms with E-state index in [0.29, 0.717) is 24.3 Å². The van der Waals surface area contributed by atoms with Crippen LogP contribution in [0, 0.1) is 0 Å². The molecular weight excluding hydrogens is 354 g/mol. The lowest BCUT2D eigenvalue weighted by Crippen LogP contribution is -2.31. The molecule has 0 saturated heterocycles. The average molecular weight is 381 g/mol. The maximum atomic E-state index is 12.9. The number of rotatable bonds is 8. The number of pyridine rings is 1. The van der Waals surface area contributed by atoms with Gasteiger partial charge >= 0.3 is 5.97 Å². The summed E-state index contributed by atoms with van der Waals surface area (Å²) in [6.45, 7) is 4.42. The minimum atomic E-state index is -0.338. The highest BCUT2D eigenvalue weighted by molar-refractivity contribution is 6.12. The number of Topliss-reactive ketones (excluding diaryl/α,β-unsaturated/α-hetero) is 1. The predicted molar refractivity (Wildman–Crippen MR) is 111 cm³/mol. The van der Waals surface area contributed by atoms with Crippen molar-refractivity contribution in [1.82, 2.24) is 14.2 Å². The zero-order valence-electron chi connectivity index (χ0n) is 16.9. The summed E-state index contributed by atoms with van der Waals surface area (Å²) >= 11 is 0. The van der Waals surface area contributed by atoms with Crippen LogP contribution in [-0.2, 0) is 4.74 Å². The molecule has 0 N–H and O–H groups in total. The maximum Gasteiger partial charge on any atom is 0.341 e. The first-order valence-corrected chi connectivity index (χ1v) is 9.42. The van der Waals surface area contributed by atoms with Crippen LogP contribution in [0.4, 0.5) is 0 Å². The number of likely N-dealkylation sites (N-methyl/N-ethyl adjacent to an activating group) is 2. The normalized spacial score (nSPS) is 11.6. The van der Waals surface area contributed by atoms with Gasteiger partial charge in [0.25, 0.3) is 0 Å². The van der Waals surface area contributed by atoms with E-state index < -0.39 is 0 Å². The summed E-state index contributed by atoms with van der Waals surface area (Å²) in [7, 11) is 6.09. The summed E-state index contributed by atoms with van der Waals surface area (Å²) in [5.41, 5.74) is 2.78. The molecule has 0 aliphatic heterocycles. The van der Waals surface area contributed by atoms with Crippen LogP contribution in [0.3, 0.4) is 0 Å². The summed E-state index contributed by atoms with van der Waals surface area (Å²) in [6, 6.07) is 11.1. The molecule has 0 radical (unpaired) electrons. The molecular formula is C22H27N3O3. The molecule has 148 valence electrons. The highest BCUT2D eigenvalue weighted by Gasteiger charge is 2.20. The second-order valence-electron chi connectivity index (χ2n) is 7.36. The van der Waals surface area contributed by atoms with Gasteiger partial charge in [0.1, 0.15) is 6.61 Å². The Hall–Kier alpha value is -2.70.